The van der Waals surface area contributed by atoms with E-state index >= 15 is 0 Å². The van der Waals surface area contributed by atoms with Crippen LogP contribution in [0.25, 0.3) is 0 Å². The summed E-state index contributed by atoms with van der Waals surface area (Å²) in [5.74, 6) is 0.600. The number of carbonyl (C=O) groups excluding carboxylic acids is 1. The van der Waals surface area contributed by atoms with Gasteiger partial charge in [-0.3, -0.25) is 4.79 Å². The molecule has 0 saturated heterocycles. The Morgan fingerprint density at radius 3 is 2.59 bits per heavy atom. The molecule has 0 heterocycles. The molecule has 0 spiro atoms. The second-order valence-electron chi connectivity index (χ2n) is 3.84. The standard InChI is InChI=1S/C14H20O3/c1-2-3-7-11-17-14(15)10-12-16-13-8-5-4-6-9-13/h4-6,8-9H,2-3,7,10-12H2,1H3. The average Bonchev–Trinajstić information content (AvgIpc) is 2.36. The van der Waals surface area contributed by atoms with Crippen LogP contribution in [0.1, 0.15) is 32.6 Å². The van der Waals surface area contributed by atoms with Gasteiger partial charge in [0.1, 0.15) is 5.75 Å². The summed E-state index contributed by atoms with van der Waals surface area (Å²) in [4.78, 5) is 11.3. The van der Waals surface area contributed by atoms with Gasteiger partial charge in [0.05, 0.1) is 19.6 Å². The quantitative estimate of drug-likeness (QED) is 0.513. The Labute approximate surface area is 103 Å². The largest absolute Gasteiger partial charge is 0.493 e. The molecule has 17 heavy (non-hydrogen) atoms. The van der Waals surface area contributed by atoms with E-state index in [9.17, 15) is 4.79 Å². The van der Waals surface area contributed by atoms with Crippen LogP contribution in [0.2, 0.25) is 0 Å². The van der Waals surface area contributed by atoms with Crippen LogP contribution in [0.5, 0.6) is 5.75 Å². The highest BCUT2D eigenvalue weighted by molar-refractivity contribution is 5.69. The van der Waals surface area contributed by atoms with Gasteiger partial charge in [-0.15, -0.1) is 0 Å². The number of hydrogen-bond acceptors (Lipinski definition) is 3. The Kier molecular flexibility index (Phi) is 6.87. The Morgan fingerprint density at radius 1 is 1.12 bits per heavy atom. The summed E-state index contributed by atoms with van der Waals surface area (Å²) in [6.07, 6.45) is 3.49. The van der Waals surface area contributed by atoms with E-state index in [0.717, 1.165) is 25.0 Å². The summed E-state index contributed by atoms with van der Waals surface area (Å²) in [6.45, 7) is 3.02. The van der Waals surface area contributed by atoms with E-state index in [0.29, 0.717) is 19.6 Å². The molecule has 0 saturated carbocycles. The van der Waals surface area contributed by atoms with Crippen LogP contribution in [0.4, 0.5) is 0 Å². The normalized spacial score (nSPS) is 9.94. The maximum atomic E-state index is 11.3. The molecule has 0 aromatic heterocycles. The first kappa shape index (κ1) is 13.6. The molecule has 1 rings (SSSR count). The summed E-state index contributed by atoms with van der Waals surface area (Å²) in [7, 11) is 0. The molecule has 94 valence electrons. The third-order valence-corrected chi connectivity index (χ3v) is 2.33. The molecule has 0 radical (unpaired) electrons. The highest BCUT2D eigenvalue weighted by Crippen LogP contribution is 2.08. The first-order chi connectivity index (χ1) is 8.33. The molecule has 0 aliphatic heterocycles. The average molecular weight is 236 g/mol. The molecule has 0 unspecified atom stereocenters. The SMILES string of the molecule is CCCCCOC(=O)CCOc1ccccc1. The molecule has 0 fully saturated rings. The van der Waals surface area contributed by atoms with Gasteiger partial charge in [-0.2, -0.15) is 0 Å². The van der Waals surface area contributed by atoms with E-state index in [2.05, 4.69) is 6.92 Å². The second-order valence-corrected chi connectivity index (χ2v) is 3.84. The number of ether oxygens (including phenoxy) is 2. The van der Waals surface area contributed by atoms with Crippen LogP contribution >= 0.6 is 0 Å². The lowest BCUT2D eigenvalue weighted by molar-refractivity contribution is -0.144. The van der Waals surface area contributed by atoms with E-state index < -0.39 is 0 Å². The fourth-order valence-electron chi connectivity index (χ4n) is 1.38. The third kappa shape index (κ3) is 6.61. The van der Waals surface area contributed by atoms with Crippen LogP contribution in [0.3, 0.4) is 0 Å². The first-order valence-electron chi connectivity index (χ1n) is 6.16. The van der Waals surface area contributed by atoms with Gasteiger partial charge in [-0.1, -0.05) is 38.0 Å². The van der Waals surface area contributed by atoms with Crippen LogP contribution in [-0.2, 0) is 9.53 Å². The van der Waals surface area contributed by atoms with Crippen molar-refractivity contribution in [3.8, 4) is 5.75 Å². The molecule has 0 aliphatic carbocycles. The van der Waals surface area contributed by atoms with Gasteiger partial charge < -0.3 is 9.47 Å². The zero-order chi connectivity index (χ0) is 12.3. The zero-order valence-electron chi connectivity index (χ0n) is 10.4. The summed E-state index contributed by atoms with van der Waals surface area (Å²) in [5.41, 5.74) is 0. The van der Waals surface area contributed by atoms with Crippen LogP contribution in [0, 0.1) is 0 Å². The predicted octanol–water partition coefficient (Wildman–Crippen LogP) is 3.19. The molecule has 0 bridgehead atoms. The molecule has 3 heteroatoms. The number of hydrogen-bond donors (Lipinski definition) is 0. The van der Waals surface area contributed by atoms with Crippen LogP contribution in [0.15, 0.2) is 30.3 Å². The summed E-state index contributed by atoms with van der Waals surface area (Å²) >= 11 is 0. The molecule has 0 N–H and O–H groups in total. The minimum atomic E-state index is -0.183. The van der Waals surface area contributed by atoms with Gasteiger partial charge in [-0.05, 0) is 18.6 Å². The Hall–Kier alpha value is -1.51. The molecule has 0 atom stereocenters. The summed E-state index contributed by atoms with van der Waals surface area (Å²) < 4.78 is 10.5. The molecule has 0 aliphatic rings. The topological polar surface area (TPSA) is 35.5 Å². The van der Waals surface area contributed by atoms with Gasteiger partial charge in [0.2, 0.25) is 0 Å². The van der Waals surface area contributed by atoms with E-state index in [-0.39, 0.29) is 5.97 Å². The monoisotopic (exact) mass is 236 g/mol. The molecule has 1 aromatic carbocycles. The lowest BCUT2D eigenvalue weighted by Gasteiger charge is -2.06. The van der Waals surface area contributed by atoms with E-state index in [1.165, 1.54) is 0 Å². The zero-order valence-corrected chi connectivity index (χ0v) is 10.4. The summed E-state index contributed by atoms with van der Waals surface area (Å²) in [5, 5.41) is 0. The third-order valence-electron chi connectivity index (χ3n) is 2.33. The highest BCUT2D eigenvalue weighted by atomic mass is 16.5. The molecule has 1 aromatic rings. The van der Waals surface area contributed by atoms with Gasteiger partial charge in [0.25, 0.3) is 0 Å². The molecular weight excluding hydrogens is 216 g/mol. The van der Waals surface area contributed by atoms with E-state index in [1.807, 2.05) is 30.3 Å². The summed E-state index contributed by atoms with van der Waals surface area (Å²) in [6, 6.07) is 9.46. The minimum Gasteiger partial charge on any atom is -0.493 e. The van der Waals surface area contributed by atoms with Crippen molar-refractivity contribution in [3.63, 3.8) is 0 Å². The van der Waals surface area contributed by atoms with Crippen molar-refractivity contribution >= 4 is 5.97 Å². The number of unbranched alkanes of at least 4 members (excludes halogenated alkanes) is 2. The maximum Gasteiger partial charge on any atom is 0.309 e. The maximum absolute atomic E-state index is 11.3. The van der Waals surface area contributed by atoms with Crippen molar-refractivity contribution in [2.75, 3.05) is 13.2 Å². The number of benzene rings is 1. The smallest absolute Gasteiger partial charge is 0.309 e. The Balaban J connectivity index is 2.04. The second kappa shape index (κ2) is 8.62. The van der Waals surface area contributed by atoms with Crippen molar-refractivity contribution in [3.05, 3.63) is 30.3 Å². The number of carbonyl (C=O) groups is 1. The van der Waals surface area contributed by atoms with Crippen LogP contribution in [-0.4, -0.2) is 19.2 Å². The number of esters is 1. The van der Waals surface area contributed by atoms with Crippen molar-refractivity contribution in [1.82, 2.24) is 0 Å². The van der Waals surface area contributed by atoms with Crippen molar-refractivity contribution in [2.45, 2.75) is 32.6 Å². The predicted molar refractivity (Wildman–Crippen MR) is 67.0 cm³/mol. The lowest BCUT2D eigenvalue weighted by Crippen LogP contribution is -2.10. The van der Waals surface area contributed by atoms with Crippen molar-refractivity contribution < 1.29 is 14.3 Å². The number of rotatable bonds is 8. The first-order valence-corrected chi connectivity index (χ1v) is 6.16. The van der Waals surface area contributed by atoms with Crippen LogP contribution < -0.4 is 4.74 Å². The molecular formula is C14H20O3. The van der Waals surface area contributed by atoms with E-state index in [1.54, 1.807) is 0 Å². The molecule has 3 nitrogen and oxygen atoms in total. The number of para-hydroxylation sites is 1. The Morgan fingerprint density at radius 2 is 1.88 bits per heavy atom. The lowest BCUT2D eigenvalue weighted by atomic mass is 10.3. The van der Waals surface area contributed by atoms with Crippen molar-refractivity contribution in [2.24, 2.45) is 0 Å². The van der Waals surface area contributed by atoms with Crippen molar-refractivity contribution in [1.29, 1.82) is 0 Å². The highest BCUT2D eigenvalue weighted by Gasteiger charge is 2.02. The fourth-order valence-corrected chi connectivity index (χ4v) is 1.38. The Bertz CT molecular complexity index is 309. The van der Waals surface area contributed by atoms with Gasteiger partial charge in [0.15, 0.2) is 0 Å². The fraction of sp³-hybridized carbons (Fsp3) is 0.500. The molecule has 0 amide bonds. The van der Waals surface area contributed by atoms with E-state index in [4.69, 9.17) is 9.47 Å². The van der Waals surface area contributed by atoms with Gasteiger partial charge in [-0.25, -0.2) is 0 Å². The van der Waals surface area contributed by atoms with Gasteiger partial charge in [0, 0.05) is 0 Å². The minimum absolute atomic E-state index is 0.183. The van der Waals surface area contributed by atoms with Gasteiger partial charge >= 0.3 is 5.97 Å².